The highest BCUT2D eigenvalue weighted by Gasteiger charge is 2.02. The predicted molar refractivity (Wildman–Crippen MR) is 49.5 cm³/mol. The molecule has 0 spiro atoms. The lowest BCUT2D eigenvalue weighted by Gasteiger charge is -2.00. The second-order valence-electron chi connectivity index (χ2n) is 2.88. The van der Waals surface area contributed by atoms with Crippen molar-refractivity contribution in [2.75, 3.05) is 5.73 Å². The Morgan fingerprint density at radius 1 is 1.08 bits per heavy atom. The summed E-state index contributed by atoms with van der Waals surface area (Å²) in [5.74, 6) is 0.786. The zero-order valence-electron chi connectivity index (χ0n) is 7.37. The van der Waals surface area contributed by atoms with Gasteiger partial charge in [-0.15, -0.1) is 0 Å². The Labute approximate surface area is 87.8 Å². The first-order chi connectivity index (χ1) is 5.79. The third-order valence-electron chi connectivity index (χ3n) is 2.12. The lowest BCUT2D eigenvalue weighted by Crippen LogP contribution is -3.00. The normalized spacial score (nSPS) is 9.62. The standard InChI is InChI=1S/C10H10N2.BrH/c1-12-9-5-3-2-4-8(9)6-7-10(12)11;/h2-7,11H,1H3;1H. The van der Waals surface area contributed by atoms with Gasteiger partial charge in [0.15, 0.2) is 0 Å². The first-order valence-electron chi connectivity index (χ1n) is 3.92. The van der Waals surface area contributed by atoms with Crippen molar-refractivity contribution in [1.29, 1.82) is 0 Å². The van der Waals surface area contributed by atoms with Crippen molar-refractivity contribution in [2.45, 2.75) is 0 Å². The summed E-state index contributed by atoms with van der Waals surface area (Å²) in [5.41, 5.74) is 6.91. The highest BCUT2D eigenvalue weighted by atomic mass is 79.9. The molecule has 2 nitrogen and oxygen atoms in total. The van der Waals surface area contributed by atoms with Gasteiger partial charge >= 0.3 is 0 Å². The number of nitrogens with two attached hydrogens (primary N) is 1. The summed E-state index contributed by atoms with van der Waals surface area (Å²) in [6.07, 6.45) is 0. The molecule has 1 heterocycles. The summed E-state index contributed by atoms with van der Waals surface area (Å²) in [6, 6.07) is 12.1. The number of hydrogen-bond acceptors (Lipinski definition) is 1. The van der Waals surface area contributed by atoms with Gasteiger partial charge in [0.25, 0.3) is 5.82 Å². The van der Waals surface area contributed by atoms with E-state index in [9.17, 15) is 0 Å². The van der Waals surface area contributed by atoms with Crippen molar-refractivity contribution in [3.63, 3.8) is 0 Å². The largest absolute Gasteiger partial charge is 1.00 e. The van der Waals surface area contributed by atoms with Crippen LogP contribution in [0.3, 0.4) is 0 Å². The van der Waals surface area contributed by atoms with Crippen LogP contribution >= 0.6 is 0 Å². The Kier molecular flexibility index (Phi) is 2.88. The van der Waals surface area contributed by atoms with E-state index in [-0.39, 0.29) is 17.0 Å². The number of rotatable bonds is 0. The van der Waals surface area contributed by atoms with E-state index >= 15 is 0 Å². The molecule has 0 aliphatic heterocycles. The summed E-state index contributed by atoms with van der Waals surface area (Å²) in [4.78, 5) is 0. The number of aryl methyl sites for hydroxylation is 1. The molecule has 68 valence electrons. The van der Waals surface area contributed by atoms with Gasteiger partial charge in [0.05, 0.1) is 7.05 Å². The number of pyridine rings is 1. The summed E-state index contributed by atoms with van der Waals surface area (Å²) >= 11 is 0. The van der Waals surface area contributed by atoms with E-state index in [0.717, 1.165) is 11.3 Å². The summed E-state index contributed by atoms with van der Waals surface area (Å²) in [6.45, 7) is 0. The zero-order valence-corrected chi connectivity index (χ0v) is 8.95. The van der Waals surface area contributed by atoms with Gasteiger partial charge in [-0.1, -0.05) is 18.2 Å². The highest BCUT2D eigenvalue weighted by Crippen LogP contribution is 2.09. The summed E-state index contributed by atoms with van der Waals surface area (Å²) < 4.78 is 1.98. The van der Waals surface area contributed by atoms with E-state index in [0.29, 0.717) is 0 Å². The van der Waals surface area contributed by atoms with E-state index < -0.39 is 0 Å². The highest BCUT2D eigenvalue weighted by molar-refractivity contribution is 5.76. The molecular formula is C10H11BrN2. The fraction of sp³-hybridized carbons (Fsp3) is 0.100. The molecule has 0 atom stereocenters. The van der Waals surface area contributed by atoms with E-state index in [4.69, 9.17) is 5.73 Å². The number of anilines is 1. The van der Waals surface area contributed by atoms with Crippen molar-refractivity contribution >= 4 is 16.7 Å². The molecule has 0 saturated heterocycles. The van der Waals surface area contributed by atoms with Gasteiger partial charge in [-0.25, -0.2) is 4.57 Å². The number of nitrogen functional groups attached to an aromatic ring is 1. The average Bonchev–Trinajstić information content (AvgIpc) is 2.12. The van der Waals surface area contributed by atoms with Crippen molar-refractivity contribution < 1.29 is 21.5 Å². The number of halogens is 1. The smallest absolute Gasteiger partial charge is 0.272 e. The monoisotopic (exact) mass is 238 g/mol. The van der Waals surface area contributed by atoms with E-state index in [1.807, 2.05) is 35.9 Å². The molecule has 0 radical (unpaired) electrons. The maximum atomic E-state index is 5.75. The van der Waals surface area contributed by atoms with Crippen LogP contribution in [0.1, 0.15) is 0 Å². The van der Waals surface area contributed by atoms with E-state index in [1.54, 1.807) is 0 Å². The Bertz CT molecular complexity index is 426. The molecule has 0 fully saturated rings. The second-order valence-corrected chi connectivity index (χ2v) is 2.88. The second kappa shape index (κ2) is 3.75. The number of para-hydroxylation sites is 1. The van der Waals surface area contributed by atoms with Gasteiger partial charge < -0.3 is 17.0 Å². The average molecular weight is 239 g/mol. The number of benzene rings is 1. The van der Waals surface area contributed by atoms with Crippen LogP contribution < -0.4 is 27.3 Å². The lowest BCUT2D eigenvalue weighted by atomic mass is 10.2. The Morgan fingerprint density at radius 2 is 1.77 bits per heavy atom. The number of hydrogen-bond donors (Lipinski definition) is 1. The van der Waals surface area contributed by atoms with Crippen molar-refractivity contribution in [3.05, 3.63) is 36.4 Å². The van der Waals surface area contributed by atoms with Gasteiger partial charge in [-0.3, -0.25) is 5.73 Å². The maximum Gasteiger partial charge on any atom is 0.272 e. The van der Waals surface area contributed by atoms with E-state index in [2.05, 4.69) is 12.1 Å². The Balaban J connectivity index is 0.000000845. The fourth-order valence-corrected chi connectivity index (χ4v) is 1.36. The fourth-order valence-electron chi connectivity index (χ4n) is 1.36. The molecule has 0 aliphatic carbocycles. The summed E-state index contributed by atoms with van der Waals surface area (Å²) in [5, 5.41) is 1.22. The van der Waals surface area contributed by atoms with E-state index in [1.165, 1.54) is 5.39 Å². The van der Waals surface area contributed by atoms with Crippen LogP contribution in [0.4, 0.5) is 5.82 Å². The van der Waals surface area contributed by atoms with Gasteiger partial charge in [0, 0.05) is 11.5 Å². The minimum absolute atomic E-state index is 0. The quantitative estimate of drug-likeness (QED) is 0.543. The van der Waals surface area contributed by atoms with Crippen LogP contribution in [0.15, 0.2) is 36.4 Å². The number of nitrogens with zero attached hydrogens (tertiary/aromatic N) is 1. The molecule has 1 aromatic carbocycles. The van der Waals surface area contributed by atoms with Crippen LogP contribution in [0.2, 0.25) is 0 Å². The maximum absolute atomic E-state index is 5.75. The molecule has 0 saturated carbocycles. The van der Waals surface area contributed by atoms with Crippen LogP contribution in [0.5, 0.6) is 0 Å². The Hall–Kier alpha value is -1.09. The molecule has 0 aliphatic rings. The lowest BCUT2D eigenvalue weighted by molar-refractivity contribution is -0.629. The van der Waals surface area contributed by atoms with Crippen LogP contribution in [-0.2, 0) is 7.05 Å². The van der Waals surface area contributed by atoms with Gasteiger partial charge in [0.1, 0.15) is 5.52 Å². The molecule has 2 rings (SSSR count). The van der Waals surface area contributed by atoms with Crippen molar-refractivity contribution in [3.8, 4) is 0 Å². The van der Waals surface area contributed by atoms with Gasteiger partial charge in [-0.05, 0) is 12.1 Å². The van der Waals surface area contributed by atoms with Crippen molar-refractivity contribution in [2.24, 2.45) is 7.05 Å². The summed E-state index contributed by atoms with van der Waals surface area (Å²) in [7, 11) is 1.97. The zero-order chi connectivity index (χ0) is 8.55. The number of aromatic nitrogens is 1. The first-order valence-corrected chi connectivity index (χ1v) is 3.92. The molecule has 1 aromatic heterocycles. The van der Waals surface area contributed by atoms with Gasteiger partial charge in [0.2, 0.25) is 0 Å². The minimum Gasteiger partial charge on any atom is -1.00 e. The Morgan fingerprint density at radius 3 is 2.54 bits per heavy atom. The van der Waals surface area contributed by atoms with Crippen LogP contribution in [0, 0.1) is 0 Å². The third-order valence-corrected chi connectivity index (χ3v) is 2.12. The molecular weight excluding hydrogens is 228 g/mol. The molecule has 0 unspecified atom stereocenters. The van der Waals surface area contributed by atoms with Crippen LogP contribution in [0.25, 0.3) is 10.9 Å². The molecule has 0 bridgehead atoms. The van der Waals surface area contributed by atoms with Gasteiger partial charge in [-0.2, -0.15) is 0 Å². The molecule has 13 heavy (non-hydrogen) atoms. The molecule has 0 amide bonds. The number of fused-ring (bicyclic) bond motifs is 1. The van der Waals surface area contributed by atoms with Crippen molar-refractivity contribution in [1.82, 2.24) is 0 Å². The predicted octanol–water partition coefficient (Wildman–Crippen LogP) is -1.75. The first kappa shape index (κ1) is 9.99. The molecule has 2 N–H and O–H groups in total. The third kappa shape index (κ3) is 1.65. The SMILES string of the molecule is C[n+]1c(N)ccc2ccccc21.[Br-]. The molecule has 2 aromatic rings. The topological polar surface area (TPSA) is 29.9 Å². The minimum atomic E-state index is 0. The van der Waals surface area contributed by atoms with Crippen LogP contribution in [-0.4, -0.2) is 0 Å². The molecule has 3 heteroatoms.